The molecule has 330 valence electrons. The molecule has 3 amide bonds. The van der Waals surface area contributed by atoms with Gasteiger partial charge in [-0.1, -0.05) is 90.9 Å². The monoisotopic (exact) mass is 871 g/mol. The van der Waals surface area contributed by atoms with Crippen molar-refractivity contribution in [1.82, 2.24) is 10.2 Å². The van der Waals surface area contributed by atoms with Crippen molar-refractivity contribution in [2.75, 3.05) is 39.8 Å². The van der Waals surface area contributed by atoms with Crippen LogP contribution in [0.4, 0.5) is 15.3 Å². The Morgan fingerprint density at radius 3 is 2.39 bits per heavy atom. The number of benzene rings is 3. The molecule has 62 heavy (non-hydrogen) atoms. The fourth-order valence-corrected chi connectivity index (χ4v) is 9.17. The number of nitrogens with zero attached hydrogens (tertiary/aromatic N) is 2. The molecule has 2 fully saturated rings. The second-order valence-corrected chi connectivity index (χ2v) is 17.2. The molecule has 1 aliphatic carbocycles. The number of likely N-dealkylation sites (N-methyl/N-ethyl adjacent to an activating group) is 1. The highest BCUT2D eigenvalue weighted by molar-refractivity contribution is 6.35. The van der Waals surface area contributed by atoms with Gasteiger partial charge in [0.1, 0.15) is 47.3 Å². The number of amides is 3. The number of hydrogen-bond donors (Lipinski definition) is 2. The molecule has 0 radical (unpaired) electrons. The number of rotatable bonds is 7. The molecule has 4 bridgehead atoms. The van der Waals surface area contributed by atoms with Crippen LogP contribution in [0.2, 0.25) is 5.02 Å². The van der Waals surface area contributed by atoms with Gasteiger partial charge in [0.05, 0.1) is 25.3 Å². The van der Waals surface area contributed by atoms with Crippen LogP contribution < -0.4 is 15.0 Å². The van der Waals surface area contributed by atoms with E-state index in [4.69, 9.17) is 40.0 Å². The third-order valence-corrected chi connectivity index (χ3v) is 13.1. The van der Waals surface area contributed by atoms with E-state index < -0.39 is 71.8 Å². The van der Waals surface area contributed by atoms with E-state index in [1.807, 2.05) is 61.5 Å². The molecule has 14 nitrogen and oxygen atoms in total. The normalized spacial score (nSPS) is 29.0. The van der Waals surface area contributed by atoms with Crippen molar-refractivity contribution >= 4 is 41.4 Å². The van der Waals surface area contributed by atoms with Gasteiger partial charge in [-0.3, -0.25) is 15.0 Å². The van der Waals surface area contributed by atoms with E-state index in [9.17, 15) is 24.3 Å². The molecule has 0 spiro atoms. The molecule has 7 rings (SSSR count). The minimum absolute atomic E-state index is 0.0517. The van der Waals surface area contributed by atoms with Gasteiger partial charge in [-0.25, -0.2) is 14.4 Å². The Morgan fingerprint density at radius 1 is 1.08 bits per heavy atom. The Labute approximate surface area is 366 Å². The van der Waals surface area contributed by atoms with Crippen molar-refractivity contribution in [3.05, 3.63) is 106 Å². The molecular formula is C47H54ClN3O11. The van der Waals surface area contributed by atoms with Gasteiger partial charge in [0.2, 0.25) is 5.91 Å². The lowest BCUT2D eigenvalue weighted by Crippen LogP contribution is -2.63. The number of aliphatic hydroxyl groups is 1. The van der Waals surface area contributed by atoms with Crippen molar-refractivity contribution in [3.8, 4) is 16.9 Å². The number of ether oxygens (including phenoxy) is 6. The van der Waals surface area contributed by atoms with Crippen LogP contribution in [0.5, 0.6) is 5.75 Å². The van der Waals surface area contributed by atoms with Gasteiger partial charge >= 0.3 is 18.2 Å². The van der Waals surface area contributed by atoms with Gasteiger partial charge in [-0.05, 0) is 67.1 Å². The number of carbonyl (C=O) groups is 4. The summed E-state index contributed by atoms with van der Waals surface area (Å²) in [7, 11) is 5.94. The van der Waals surface area contributed by atoms with E-state index in [0.29, 0.717) is 17.9 Å². The fraction of sp³-hybridized carbons (Fsp3) is 0.447. The molecule has 2 saturated heterocycles. The summed E-state index contributed by atoms with van der Waals surface area (Å²) in [6.45, 7) is 6.99. The van der Waals surface area contributed by atoms with Crippen LogP contribution >= 0.6 is 11.6 Å². The van der Waals surface area contributed by atoms with Gasteiger partial charge in [-0.2, -0.15) is 0 Å². The maximum atomic E-state index is 14.3. The summed E-state index contributed by atoms with van der Waals surface area (Å²) in [5, 5.41) is 14.6. The molecule has 2 unspecified atom stereocenters. The number of hydrogen-bond acceptors (Lipinski definition) is 11. The Morgan fingerprint density at radius 2 is 1.74 bits per heavy atom. The minimum atomic E-state index is -1.85. The number of esters is 1. The summed E-state index contributed by atoms with van der Waals surface area (Å²) in [5.74, 6) is -1.65. The van der Waals surface area contributed by atoms with E-state index in [0.717, 1.165) is 38.3 Å². The van der Waals surface area contributed by atoms with Crippen LogP contribution in [-0.2, 0) is 39.7 Å². The standard InChI is InChI=1S/C47H54ClN3O11/c1-26-14-13-19-38(58-8)47(56)24-37(60-44(54)49-47)27(2)42-46(4,62-42)39(23-40(52)51(6)35-21-29(20-26)22-36(57-7)41(35)48)61-43(53)28(3)50(5)45(55)59-25-34-32-17-11-9-15-30(32)31-16-10-12-18-33(31)34/h9-19,21-22,27-28,34,37-39,42,56H,20,23-25H2,1-8H3,(H,49,54)/b19-13+,26-14+/t27?,28-,37-,38+,39-,42?,46-,47-/m0/s1. The molecule has 3 heterocycles. The molecular weight excluding hydrogens is 818 g/mol. The van der Waals surface area contributed by atoms with Crippen LogP contribution in [0, 0.1) is 5.92 Å². The van der Waals surface area contributed by atoms with E-state index in [-0.39, 0.29) is 30.4 Å². The summed E-state index contributed by atoms with van der Waals surface area (Å²) in [6.07, 6.45) is -0.0284. The highest BCUT2D eigenvalue weighted by Crippen LogP contribution is 2.49. The number of epoxide rings is 1. The highest BCUT2D eigenvalue weighted by atomic mass is 35.5. The quantitative estimate of drug-likeness (QED) is 0.144. The van der Waals surface area contributed by atoms with Crippen LogP contribution in [0.1, 0.15) is 63.1 Å². The largest absolute Gasteiger partial charge is 0.495 e. The predicted octanol–water partition coefficient (Wildman–Crippen LogP) is 6.94. The molecule has 0 aromatic heterocycles. The second-order valence-electron chi connectivity index (χ2n) is 16.8. The number of fused-ring (bicyclic) bond motifs is 8. The summed E-state index contributed by atoms with van der Waals surface area (Å²) in [4.78, 5) is 57.5. The second kappa shape index (κ2) is 17.8. The van der Waals surface area contributed by atoms with E-state index in [2.05, 4.69) is 5.32 Å². The fourth-order valence-electron chi connectivity index (χ4n) is 8.86. The molecule has 15 heteroatoms. The molecule has 3 aromatic rings. The summed E-state index contributed by atoms with van der Waals surface area (Å²) in [6, 6.07) is 18.4. The Kier molecular flexibility index (Phi) is 12.8. The summed E-state index contributed by atoms with van der Waals surface area (Å²) < 4.78 is 35.3. The number of alkyl carbamates (subject to hydrolysis) is 1. The van der Waals surface area contributed by atoms with Crippen molar-refractivity contribution in [1.29, 1.82) is 0 Å². The van der Waals surface area contributed by atoms with Crippen molar-refractivity contribution in [2.45, 2.75) is 94.7 Å². The van der Waals surface area contributed by atoms with Gasteiger partial charge in [0.25, 0.3) is 0 Å². The van der Waals surface area contributed by atoms with Gasteiger partial charge in [0, 0.05) is 39.5 Å². The number of anilines is 1. The first kappa shape index (κ1) is 44.6. The van der Waals surface area contributed by atoms with Crippen LogP contribution in [-0.4, -0.2) is 111 Å². The Hall–Kier alpha value is -5.41. The van der Waals surface area contributed by atoms with Gasteiger partial charge in [0.15, 0.2) is 5.72 Å². The lowest BCUT2D eigenvalue weighted by molar-refractivity contribution is -0.158. The maximum absolute atomic E-state index is 14.3. The number of carbonyl (C=O) groups excluding carboxylic acids is 4. The predicted molar refractivity (Wildman–Crippen MR) is 231 cm³/mol. The Balaban J connectivity index is 1.15. The first-order valence-electron chi connectivity index (χ1n) is 20.7. The molecule has 3 aromatic carbocycles. The SMILES string of the molecule is COc1cc2cc(c1Cl)N(C)C(=O)C[C@H](OC(=O)[C@H](C)N(C)C(=O)OCC1c3ccccc3-c3ccccc31)[C@]1(C)OC1C(C)[C@@H]1C[C@@](O)(NC(=O)O1)[C@H](OC)/C=C/C=C(\C)C2. The zero-order valence-electron chi connectivity index (χ0n) is 36.2. The number of nitrogens with one attached hydrogen (secondary N) is 1. The molecule has 2 N–H and O–H groups in total. The number of halogens is 1. The first-order valence-corrected chi connectivity index (χ1v) is 21.0. The highest BCUT2D eigenvalue weighted by Gasteiger charge is 2.64. The average molecular weight is 872 g/mol. The van der Waals surface area contributed by atoms with E-state index in [1.165, 1.54) is 33.1 Å². The third-order valence-electron chi connectivity index (χ3n) is 12.8. The van der Waals surface area contributed by atoms with Crippen LogP contribution in [0.25, 0.3) is 11.1 Å². The number of methoxy groups -OCH3 is 2. The zero-order chi connectivity index (χ0) is 44.7. The van der Waals surface area contributed by atoms with Gasteiger partial charge in [-0.15, -0.1) is 0 Å². The van der Waals surface area contributed by atoms with E-state index in [1.54, 1.807) is 45.2 Å². The van der Waals surface area contributed by atoms with Gasteiger partial charge < -0.3 is 38.4 Å². The summed E-state index contributed by atoms with van der Waals surface area (Å²) in [5.41, 5.74) is 3.23. The van der Waals surface area contributed by atoms with Crippen molar-refractivity contribution in [2.24, 2.45) is 5.92 Å². The average Bonchev–Trinajstić information content (AvgIpc) is 3.85. The first-order chi connectivity index (χ1) is 29.5. The van der Waals surface area contributed by atoms with E-state index >= 15 is 0 Å². The van der Waals surface area contributed by atoms with Crippen LogP contribution in [0.15, 0.2) is 84.5 Å². The smallest absolute Gasteiger partial charge is 0.410 e. The minimum Gasteiger partial charge on any atom is -0.495 e. The third kappa shape index (κ3) is 8.65. The molecule has 0 saturated carbocycles. The summed E-state index contributed by atoms with van der Waals surface area (Å²) >= 11 is 6.81. The zero-order valence-corrected chi connectivity index (χ0v) is 36.9. The van der Waals surface area contributed by atoms with Crippen molar-refractivity contribution in [3.63, 3.8) is 0 Å². The number of allylic oxidation sites excluding steroid dienone is 3. The lowest BCUT2D eigenvalue weighted by atomic mass is 9.83. The topological polar surface area (TPSA) is 166 Å². The lowest BCUT2D eigenvalue weighted by Gasteiger charge is -2.42. The van der Waals surface area contributed by atoms with Crippen LogP contribution in [0.3, 0.4) is 0 Å². The molecule has 3 aliphatic heterocycles. The molecule has 8 atom stereocenters. The molecule has 4 aliphatic rings. The van der Waals surface area contributed by atoms with Crippen molar-refractivity contribution < 1.29 is 52.7 Å². The Bertz CT molecular complexity index is 2250. The maximum Gasteiger partial charge on any atom is 0.410 e.